The molecule has 1 amide bonds. The number of carbonyl (C=O) groups is 1. The summed E-state index contributed by atoms with van der Waals surface area (Å²) in [5.41, 5.74) is 2.71. The lowest BCUT2D eigenvalue weighted by molar-refractivity contribution is 0.101. The van der Waals surface area contributed by atoms with Gasteiger partial charge in [0.15, 0.2) is 0 Å². The standard InChI is InChI=1S/C17H10FN3O2S/c18-11-5-6-14-10(7-11)8-15(24-14)16(22)20-21-9-19-13-4-2-1-3-12(13)17(21)23/h1-9H,(H,20,22). The average Bonchev–Trinajstić information content (AvgIpc) is 3.01. The molecule has 0 saturated heterocycles. The lowest BCUT2D eigenvalue weighted by atomic mass is 10.2. The highest BCUT2D eigenvalue weighted by atomic mass is 32.1. The first-order chi connectivity index (χ1) is 11.6. The fourth-order valence-electron chi connectivity index (χ4n) is 2.44. The molecular weight excluding hydrogens is 329 g/mol. The average molecular weight is 339 g/mol. The molecule has 0 aliphatic heterocycles. The maximum atomic E-state index is 13.2. The molecule has 1 N–H and O–H groups in total. The number of benzene rings is 2. The molecule has 5 nitrogen and oxygen atoms in total. The van der Waals surface area contributed by atoms with E-state index in [9.17, 15) is 14.0 Å². The van der Waals surface area contributed by atoms with E-state index in [0.717, 1.165) is 9.38 Å². The number of hydrogen-bond donors (Lipinski definition) is 1. The first-order valence-electron chi connectivity index (χ1n) is 7.09. The second-order valence-corrected chi connectivity index (χ2v) is 6.25. The number of thiophene rings is 1. The van der Waals surface area contributed by atoms with Crippen LogP contribution >= 0.6 is 11.3 Å². The van der Waals surface area contributed by atoms with Gasteiger partial charge in [-0.05, 0) is 41.8 Å². The minimum Gasteiger partial charge on any atom is -0.267 e. The molecule has 0 bridgehead atoms. The number of hydrogen-bond acceptors (Lipinski definition) is 4. The maximum absolute atomic E-state index is 13.2. The van der Waals surface area contributed by atoms with Crippen LogP contribution in [0.3, 0.4) is 0 Å². The van der Waals surface area contributed by atoms with Gasteiger partial charge in [0.1, 0.15) is 12.1 Å². The Morgan fingerprint density at radius 1 is 1.17 bits per heavy atom. The molecule has 4 aromatic rings. The Morgan fingerprint density at radius 3 is 2.88 bits per heavy atom. The largest absolute Gasteiger partial charge is 0.280 e. The molecular formula is C17H10FN3O2S. The predicted octanol–water partition coefficient (Wildman–Crippen LogP) is 3.13. The molecule has 2 aromatic heterocycles. The first kappa shape index (κ1) is 14.5. The number of aromatic nitrogens is 2. The van der Waals surface area contributed by atoms with Crippen LogP contribution in [-0.2, 0) is 0 Å². The Morgan fingerprint density at radius 2 is 2.00 bits per heavy atom. The summed E-state index contributed by atoms with van der Waals surface area (Å²) in [6.45, 7) is 0. The van der Waals surface area contributed by atoms with Crippen LogP contribution in [0.5, 0.6) is 0 Å². The number of amides is 1. The number of para-hydroxylation sites is 1. The minimum atomic E-state index is -0.448. The molecule has 7 heteroatoms. The van der Waals surface area contributed by atoms with Crippen LogP contribution in [-0.4, -0.2) is 15.6 Å². The zero-order chi connectivity index (χ0) is 16.7. The normalized spacial score (nSPS) is 11.0. The summed E-state index contributed by atoms with van der Waals surface area (Å²) in [5.74, 6) is -0.807. The molecule has 0 spiro atoms. The summed E-state index contributed by atoms with van der Waals surface area (Å²) >= 11 is 1.23. The van der Waals surface area contributed by atoms with Crippen molar-refractivity contribution < 1.29 is 9.18 Å². The first-order valence-corrected chi connectivity index (χ1v) is 7.90. The van der Waals surface area contributed by atoms with Crippen molar-refractivity contribution in [3.05, 3.63) is 75.9 Å². The van der Waals surface area contributed by atoms with Crippen molar-refractivity contribution >= 4 is 38.2 Å². The number of nitrogens with zero attached hydrogens (tertiary/aromatic N) is 2. The third-order valence-electron chi connectivity index (χ3n) is 3.59. The van der Waals surface area contributed by atoms with Gasteiger partial charge >= 0.3 is 0 Å². The highest BCUT2D eigenvalue weighted by Crippen LogP contribution is 2.26. The lowest BCUT2D eigenvalue weighted by Gasteiger charge is -2.07. The van der Waals surface area contributed by atoms with Crippen molar-refractivity contribution in [1.29, 1.82) is 0 Å². The molecule has 2 aromatic carbocycles. The number of halogens is 1. The Balaban J connectivity index is 1.70. The second kappa shape index (κ2) is 5.54. The molecule has 2 heterocycles. The van der Waals surface area contributed by atoms with E-state index in [0.29, 0.717) is 21.2 Å². The smallest absolute Gasteiger partial charge is 0.267 e. The van der Waals surface area contributed by atoms with Gasteiger partial charge in [0.05, 0.1) is 15.8 Å². The van der Waals surface area contributed by atoms with E-state index in [1.54, 1.807) is 36.4 Å². The Labute approximate surface area is 139 Å². The van der Waals surface area contributed by atoms with Gasteiger partial charge in [-0.3, -0.25) is 15.0 Å². The monoisotopic (exact) mass is 339 g/mol. The minimum absolute atomic E-state index is 0.359. The fraction of sp³-hybridized carbons (Fsp3) is 0. The molecule has 0 aliphatic rings. The van der Waals surface area contributed by atoms with E-state index in [4.69, 9.17) is 0 Å². The van der Waals surface area contributed by atoms with Crippen LogP contribution in [0.4, 0.5) is 4.39 Å². The van der Waals surface area contributed by atoms with Crippen LogP contribution in [0.15, 0.2) is 59.7 Å². The third kappa shape index (κ3) is 2.44. The molecule has 0 aliphatic carbocycles. The molecule has 4 rings (SSSR count). The molecule has 0 saturated carbocycles. The van der Waals surface area contributed by atoms with Crippen LogP contribution < -0.4 is 11.0 Å². The van der Waals surface area contributed by atoms with Gasteiger partial charge in [0, 0.05) is 4.70 Å². The zero-order valence-electron chi connectivity index (χ0n) is 12.2. The summed E-state index contributed by atoms with van der Waals surface area (Å²) < 4.78 is 15.1. The Kier molecular flexibility index (Phi) is 3.35. The van der Waals surface area contributed by atoms with Gasteiger partial charge in [0.2, 0.25) is 0 Å². The van der Waals surface area contributed by atoms with E-state index in [2.05, 4.69) is 10.4 Å². The van der Waals surface area contributed by atoms with Gasteiger partial charge in [-0.15, -0.1) is 11.3 Å². The topological polar surface area (TPSA) is 64.0 Å². The third-order valence-corrected chi connectivity index (χ3v) is 4.70. The van der Waals surface area contributed by atoms with Gasteiger partial charge in [-0.2, -0.15) is 0 Å². The van der Waals surface area contributed by atoms with E-state index in [1.165, 1.54) is 29.8 Å². The van der Waals surface area contributed by atoms with E-state index in [-0.39, 0.29) is 11.4 Å². The summed E-state index contributed by atoms with van der Waals surface area (Å²) in [5, 5.41) is 1.06. The van der Waals surface area contributed by atoms with Crippen LogP contribution in [0, 0.1) is 5.82 Å². The molecule has 24 heavy (non-hydrogen) atoms. The highest BCUT2D eigenvalue weighted by molar-refractivity contribution is 7.20. The lowest BCUT2D eigenvalue weighted by Crippen LogP contribution is -2.32. The van der Waals surface area contributed by atoms with E-state index in [1.807, 2.05) is 0 Å². The van der Waals surface area contributed by atoms with Gasteiger partial charge < -0.3 is 0 Å². The SMILES string of the molecule is O=C(Nn1cnc2ccccc2c1=O)c1cc2cc(F)ccc2s1. The second-order valence-electron chi connectivity index (χ2n) is 5.17. The highest BCUT2D eigenvalue weighted by Gasteiger charge is 2.12. The molecule has 0 unspecified atom stereocenters. The number of nitrogens with one attached hydrogen (secondary N) is 1. The number of carbonyl (C=O) groups excluding carboxylic acids is 1. The maximum Gasteiger partial charge on any atom is 0.280 e. The van der Waals surface area contributed by atoms with Crippen molar-refractivity contribution in [3.8, 4) is 0 Å². The zero-order valence-corrected chi connectivity index (χ0v) is 13.0. The van der Waals surface area contributed by atoms with Crippen molar-refractivity contribution in [2.24, 2.45) is 0 Å². The summed E-state index contributed by atoms with van der Waals surface area (Å²) in [7, 11) is 0. The Bertz CT molecular complexity index is 1150. The van der Waals surface area contributed by atoms with Gasteiger partial charge in [0.25, 0.3) is 11.5 Å². The predicted molar refractivity (Wildman–Crippen MR) is 91.5 cm³/mol. The van der Waals surface area contributed by atoms with E-state index < -0.39 is 5.91 Å². The summed E-state index contributed by atoms with van der Waals surface area (Å²) in [6, 6.07) is 12.8. The van der Waals surface area contributed by atoms with Crippen LogP contribution in [0.25, 0.3) is 21.0 Å². The van der Waals surface area contributed by atoms with Crippen molar-refractivity contribution in [3.63, 3.8) is 0 Å². The molecule has 0 fully saturated rings. The number of rotatable bonds is 2. The van der Waals surface area contributed by atoms with Crippen molar-refractivity contribution in [1.82, 2.24) is 9.66 Å². The molecule has 0 atom stereocenters. The fourth-order valence-corrected chi connectivity index (χ4v) is 3.37. The van der Waals surface area contributed by atoms with Crippen molar-refractivity contribution in [2.75, 3.05) is 5.43 Å². The summed E-state index contributed by atoms with van der Waals surface area (Å²) in [4.78, 5) is 29.3. The van der Waals surface area contributed by atoms with E-state index >= 15 is 0 Å². The molecule has 0 radical (unpaired) electrons. The molecule has 118 valence electrons. The van der Waals surface area contributed by atoms with Crippen LogP contribution in [0.2, 0.25) is 0 Å². The van der Waals surface area contributed by atoms with Crippen LogP contribution in [0.1, 0.15) is 9.67 Å². The quantitative estimate of drug-likeness (QED) is 0.610. The van der Waals surface area contributed by atoms with Gasteiger partial charge in [-0.1, -0.05) is 12.1 Å². The summed E-state index contributed by atoms with van der Waals surface area (Å²) in [6.07, 6.45) is 1.27. The Hall–Kier alpha value is -3.06. The number of fused-ring (bicyclic) bond motifs is 2. The van der Waals surface area contributed by atoms with Crippen molar-refractivity contribution in [2.45, 2.75) is 0 Å². The van der Waals surface area contributed by atoms with Gasteiger partial charge in [-0.25, -0.2) is 14.1 Å².